The fourth-order valence-electron chi connectivity index (χ4n) is 3.33. The lowest BCUT2D eigenvalue weighted by atomic mass is 10.1. The van der Waals surface area contributed by atoms with Crippen LogP contribution < -0.4 is 4.57 Å². The molecule has 168 valence electrons. The van der Waals surface area contributed by atoms with E-state index in [0.717, 1.165) is 9.80 Å². The smallest absolute Gasteiger partial charge is 0.279 e. The minimum Gasteiger partial charge on any atom is -0.293 e. The maximum absolute atomic E-state index is 13.7. The van der Waals surface area contributed by atoms with E-state index in [9.17, 15) is 9.59 Å². The Morgan fingerprint density at radius 3 is 1.76 bits per heavy atom. The number of ketones is 2. The molecule has 0 fully saturated rings. The van der Waals surface area contributed by atoms with Crippen molar-refractivity contribution in [2.24, 2.45) is 0 Å². The molecular weight excluding hydrogens is 458 g/mol. The maximum Gasteiger partial charge on any atom is 0.279 e. The molecule has 0 aliphatic rings. The normalized spacial score (nSPS) is 11.5. The van der Waals surface area contributed by atoms with Gasteiger partial charge >= 0.3 is 0 Å². The molecule has 0 radical (unpaired) electrons. The van der Waals surface area contributed by atoms with Crippen LogP contribution in [0.4, 0.5) is 0 Å². The van der Waals surface area contributed by atoms with Gasteiger partial charge < -0.3 is 0 Å². The van der Waals surface area contributed by atoms with Crippen molar-refractivity contribution in [1.29, 1.82) is 0 Å². The number of carbonyl (C=O) groups excluding carboxylic acids is 2. The molecule has 3 nitrogen and oxygen atoms in total. The van der Waals surface area contributed by atoms with Crippen molar-refractivity contribution in [1.82, 2.24) is 0 Å². The Hall–Kier alpha value is -3.41. The number of pyridine rings is 1. The highest BCUT2D eigenvalue weighted by Crippen LogP contribution is 2.36. The second-order valence-electron chi connectivity index (χ2n) is 7.47. The van der Waals surface area contributed by atoms with E-state index in [4.69, 9.17) is 0 Å². The molecule has 0 saturated carbocycles. The standard InChI is InChI=1S/C29H24NO2S2/c31-26(24-15-7-2-8-16-24)22-34-29(33-21-23-13-5-1-6-14-23)27(30-19-11-4-12-20-30)28(32)25-17-9-3-10-18-25/h1-20H,21-22H2/q+1/b29-27-. The number of Topliss-reactive ketones (excluding diaryl/α,β-unsaturated/α-hetero) is 2. The summed E-state index contributed by atoms with van der Waals surface area (Å²) in [5.74, 6) is 0.905. The van der Waals surface area contributed by atoms with Crippen molar-refractivity contribution in [3.8, 4) is 0 Å². The van der Waals surface area contributed by atoms with Crippen LogP contribution in [0, 0.1) is 0 Å². The van der Waals surface area contributed by atoms with E-state index in [1.807, 2.05) is 114 Å². The molecule has 0 aliphatic carbocycles. The summed E-state index contributed by atoms with van der Waals surface area (Å²) in [6, 6.07) is 34.4. The predicted molar refractivity (Wildman–Crippen MR) is 142 cm³/mol. The Kier molecular flexibility index (Phi) is 8.49. The highest BCUT2D eigenvalue weighted by molar-refractivity contribution is 8.22. The number of hydrogen-bond acceptors (Lipinski definition) is 4. The van der Waals surface area contributed by atoms with Crippen LogP contribution in [0.3, 0.4) is 0 Å². The topological polar surface area (TPSA) is 38.0 Å². The summed E-state index contributed by atoms with van der Waals surface area (Å²) in [6.07, 6.45) is 3.75. The number of rotatable bonds is 10. The fourth-order valence-corrected chi connectivity index (χ4v) is 5.60. The van der Waals surface area contributed by atoms with Crippen LogP contribution in [-0.4, -0.2) is 17.3 Å². The third-order valence-electron chi connectivity index (χ3n) is 5.06. The molecule has 0 unspecified atom stereocenters. The van der Waals surface area contributed by atoms with E-state index in [2.05, 4.69) is 12.1 Å². The highest BCUT2D eigenvalue weighted by Gasteiger charge is 2.28. The summed E-state index contributed by atoms with van der Waals surface area (Å²) < 4.78 is 2.67. The lowest BCUT2D eigenvalue weighted by molar-refractivity contribution is -0.576. The molecule has 1 heterocycles. The van der Waals surface area contributed by atoms with E-state index >= 15 is 0 Å². The molecule has 4 rings (SSSR count). The SMILES string of the molecule is O=C(CS/C(SCc1ccccc1)=C(/C(=O)c1ccccc1)[n+]1ccccc1)c1ccccc1. The Labute approximate surface area is 208 Å². The van der Waals surface area contributed by atoms with Crippen LogP contribution >= 0.6 is 23.5 Å². The summed E-state index contributed by atoms with van der Waals surface area (Å²) in [5.41, 5.74) is 3.00. The van der Waals surface area contributed by atoms with E-state index in [0.29, 0.717) is 22.6 Å². The summed E-state index contributed by atoms with van der Waals surface area (Å²) in [6.45, 7) is 0. The molecule has 0 atom stereocenters. The van der Waals surface area contributed by atoms with Gasteiger partial charge in [0.15, 0.2) is 18.2 Å². The van der Waals surface area contributed by atoms with E-state index in [1.54, 1.807) is 11.8 Å². The molecule has 0 saturated heterocycles. The Bertz CT molecular complexity index is 1260. The third-order valence-corrected chi connectivity index (χ3v) is 7.56. The first-order chi connectivity index (χ1) is 16.7. The molecule has 34 heavy (non-hydrogen) atoms. The lowest BCUT2D eigenvalue weighted by Crippen LogP contribution is -2.36. The second kappa shape index (κ2) is 12.2. The molecule has 0 spiro atoms. The van der Waals surface area contributed by atoms with Crippen LogP contribution in [0.15, 0.2) is 126 Å². The van der Waals surface area contributed by atoms with Crippen molar-refractivity contribution in [3.05, 3.63) is 143 Å². The Morgan fingerprint density at radius 1 is 0.618 bits per heavy atom. The molecular formula is C29H24NO2S2+. The third kappa shape index (κ3) is 6.34. The number of benzene rings is 3. The van der Waals surface area contributed by atoms with E-state index < -0.39 is 0 Å². The van der Waals surface area contributed by atoms with E-state index in [-0.39, 0.29) is 17.3 Å². The zero-order valence-corrected chi connectivity index (χ0v) is 20.2. The average Bonchev–Trinajstić information content (AvgIpc) is 2.92. The first-order valence-electron chi connectivity index (χ1n) is 10.9. The molecule has 0 amide bonds. The van der Waals surface area contributed by atoms with Crippen LogP contribution in [0.2, 0.25) is 0 Å². The minimum absolute atomic E-state index is 0.0352. The Morgan fingerprint density at radius 2 is 1.15 bits per heavy atom. The van der Waals surface area contributed by atoms with Gasteiger partial charge in [0, 0.05) is 29.0 Å². The average molecular weight is 483 g/mol. The highest BCUT2D eigenvalue weighted by atomic mass is 32.2. The van der Waals surface area contributed by atoms with Crippen LogP contribution in [-0.2, 0) is 5.75 Å². The number of allylic oxidation sites excluding steroid dienone is 1. The van der Waals surface area contributed by atoms with Gasteiger partial charge in [0.1, 0.15) is 4.24 Å². The van der Waals surface area contributed by atoms with Crippen molar-refractivity contribution in [3.63, 3.8) is 0 Å². The van der Waals surface area contributed by atoms with Gasteiger partial charge in [-0.1, -0.05) is 97.1 Å². The van der Waals surface area contributed by atoms with Gasteiger partial charge in [-0.05, 0) is 5.56 Å². The van der Waals surface area contributed by atoms with Crippen molar-refractivity contribution in [2.45, 2.75) is 5.75 Å². The maximum atomic E-state index is 13.7. The minimum atomic E-state index is -0.0768. The summed E-state index contributed by atoms with van der Waals surface area (Å²) in [5, 5.41) is 0. The van der Waals surface area contributed by atoms with Crippen molar-refractivity contribution in [2.75, 3.05) is 5.75 Å². The van der Waals surface area contributed by atoms with Gasteiger partial charge in [0.05, 0.1) is 5.75 Å². The predicted octanol–water partition coefficient (Wildman–Crippen LogP) is 6.53. The van der Waals surface area contributed by atoms with Crippen molar-refractivity contribution < 1.29 is 14.2 Å². The molecule has 3 aromatic carbocycles. The molecule has 5 heteroatoms. The molecule has 0 aliphatic heterocycles. The number of nitrogens with zero attached hydrogens (tertiary/aromatic N) is 1. The summed E-state index contributed by atoms with van der Waals surface area (Å²) in [4.78, 5) is 26.6. The summed E-state index contributed by atoms with van der Waals surface area (Å²) >= 11 is 3.01. The monoisotopic (exact) mass is 482 g/mol. The first kappa shape index (κ1) is 23.7. The zero-order valence-electron chi connectivity index (χ0n) is 18.5. The van der Waals surface area contributed by atoms with Crippen LogP contribution in [0.5, 0.6) is 0 Å². The molecule has 0 N–H and O–H groups in total. The number of hydrogen-bond donors (Lipinski definition) is 0. The number of thioether (sulfide) groups is 2. The first-order valence-corrected chi connectivity index (χ1v) is 12.9. The second-order valence-corrected chi connectivity index (χ2v) is 9.70. The fraction of sp³-hybridized carbons (Fsp3) is 0.0690. The van der Waals surface area contributed by atoms with Gasteiger partial charge in [-0.15, -0.1) is 23.5 Å². The van der Waals surface area contributed by atoms with Gasteiger partial charge in [-0.3, -0.25) is 9.59 Å². The van der Waals surface area contributed by atoms with Crippen LogP contribution in [0.1, 0.15) is 26.3 Å². The molecule has 0 bridgehead atoms. The number of carbonyl (C=O) groups is 2. The lowest BCUT2D eigenvalue weighted by Gasteiger charge is -2.11. The number of aromatic nitrogens is 1. The van der Waals surface area contributed by atoms with Gasteiger partial charge in [-0.25, -0.2) is 0 Å². The van der Waals surface area contributed by atoms with Gasteiger partial charge in [0.25, 0.3) is 11.5 Å². The summed E-state index contributed by atoms with van der Waals surface area (Å²) in [7, 11) is 0. The zero-order chi connectivity index (χ0) is 23.6. The molecule has 1 aromatic heterocycles. The van der Waals surface area contributed by atoms with Gasteiger partial charge in [-0.2, -0.15) is 4.57 Å². The van der Waals surface area contributed by atoms with Crippen molar-refractivity contribution >= 4 is 40.8 Å². The largest absolute Gasteiger partial charge is 0.293 e. The van der Waals surface area contributed by atoms with Gasteiger partial charge in [0.2, 0.25) is 0 Å². The van der Waals surface area contributed by atoms with Crippen LogP contribution in [0.25, 0.3) is 5.70 Å². The van der Waals surface area contributed by atoms with E-state index in [1.165, 1.54) is 11.8 Å². The Balaban J connectivity index is 1.72. The quantitative estimate of drug-likeness (QED) is 0.146. The molecule has 4 aromatic rings.